The van der Waals surface area contributed by atoms with Crippen LogP contribution in [0.25, 0.3) is 0 Å². The van der Waals surface area contributed by atoms with E-state index in [4.69, 9.17) is 23.7 Å². The van der Waals surface area contributed by atoms with Gasteiger partial charge in [-0.05, 0) is 18.6 Å². The molecule has 1 rings (SSSR count). The maximum absolute atomic E-state index is 5.72. The van der Waals surface area contributed by atoms with E-state index in [0.29, 0.717) is 10.7 Å². The third-order valence-electron chi connectivity index (χ3n) is 1.59. The lowest BCUT2D eigenvalue weighted by atomic mass is 10.1. The van der Waals surface area contributed by atoms with E-state index in [1.165, 1.54) is 0 Å². The van der Waals surface area contributed by atoms with Gasteiger partial charge in [0.25, 0.3) is 0 Å². The van der Waals surface area contributed by atoms with E-state index < -0.39 is 0 Å². The third kappa shape index (κ3) is 1.49. The second-order valence-corrected chi connectivity index (χ2v) is 2.84. The Morgan fingerprint density at radius 3 is 2.55 bits per heavy atom. The van der Waals surface area contributed by atoms with Crippen LogP contribution in [0.2, 0.25) is 0 Å². The van der Waals surface area contributed by atoms with Crippen LogP contribution in [-0.4, -0.2) is 4.99 Å². The summed E-state index contributed by atoms with van der Waals surface area (Å²) < 4.78 is 0. The van der Waals surface area contributed by atoms with Crippen LogP contribution in [0, 0.1) is 6.92 Å². The molecular formula is C8H10N2S. The smallest absolute Gasteiger partial charge is 0.106 e. The van der Waals surface area contributed by atoms with Crippen molar-refractivity contribution in [3.8, 4) is 0 Å². The summed E-state index contributed by atoms with van der Waals surface area (Å²) in [5.74, 6) is 0. The Hall–Kier alpha value is -1.09. The van der Waals surface area contributed by atoms with Gasteiger partial charge in [-0.25, -0.2) is 0 Å². The van der Waals surface area contributed by atoms with Crippen molar-refractivity contribution in [2.24, 2.45) is 5.73 Å². The molecule has 1 aromatic rings. The van der Waals surface area contributed by atoms with Gasteiger partial charge in [-0.3, -0.25) is 0 Å². The van der Waals surface area contributed by atoms with Crippen molar-refractivity contribution in [2.75, 3.05) is 5.73 Å². The van der Waals surface area contributed by atoms with E-state index >= 15 is 0 Å². The second-order valence-electron chi connectivity index (χ2n) is 2.40. The zero-order chi connectivity index (χ0) is 8.43. The molecule has 4 N–H and O–H groups in total. The minimum atomic E-state index is 0.353. The number of hydrogen-bond acceptors (Lipinski definition) is 2. The predicted octanol–water partition coefficient (Wildman–Crippen LogP) is 1.21. The predicted molar refractivity (Wildman–Crippen MR) is 51.5 cm³/mol. The fourth-order valence-electron chi connectivity index (χ4n) is 0.896. The molecule has 0 saturated heterocycles. The van der Waals surface area contributed by atoms with E-state index in [2.05, 4.69) is 0 Å². The topological polar surface area (TPSA) is 52.0 Å². The Kier molecular flexibility index (Phi) is 2.10. The highest BCUT2D eigenvalue weighted by Crippen LogP contribution is 2.15. The Morgan fingerprint density at radius 2 is 2.09 bits per heavy atom. The number of para-hydroxylation sites is 1. The molecule has 0 unspecified atom stereocenters. The lowest BCUT2D eigenvalue weighted by molar-refractivity contribution is 1.45. The van der Waals surface area contributed by atoms with Crippen molar-refractivity contribution in [1.29, 1.82) is 0 Å². The summed E-state index contributed by atoms with van der Waals surface area (Å²) in [5.41, 5.74) is 13.6. The molecule has 0 heterocycles. The van der Waals surface area contributed by atoms with Gasteiger partial charge in [0.05, 0.1) is 0 Å². The molecule has 2 nitrogen and oxygen atoms in total. The molecule has 0 aromatic heterocycles. The number of benzene rings is 1. The van der Waals surface area contributed by atoms with Crippen LogP contribution in [0.4, 0.5) is 5.69 Å². The highest BCUT2D eigenvalue weighted by molar-refractivity contribution is 7.80. The molecule has 1 aromatic carbocycles. The first-order valence-electron chi connectivity index (χ1n) is 3.28. The lowest BCUT2D eigenvalue weighted by Gasteiger charge is -2.04. The van der Waals surface area contributed by atoms with Crippen molar-refractivity contribution >= 4 is 22.9 Å². The van der Waals surface area contributed by atoms with Gasteiger partial charge in [0, 0.05) is 11.3 Å². The largest absolute Gasteiger partial charge is 0.398 e. The first-order chi connectivity index (χ1) is 5.13. The molecule has 0 amide bonds. The van der Waals surface area contributed by atoms with Crippen LogP contribution in [-0.2, 0) is 0 Å². The SMILES string of the molecule is Cc1cccc(C(N)=S)c1N. The van der Waals surface area contributed by atoms with Gasteiger partial charge in [0.2, 0.25) is 0 Å². The molecular weight excluding hydrogens is 156 g/mol. The normalized spacial score (nSPS) is 9.55. The van der Waals surface area contributed by atoms with Crippen LogP contribution in [0.15, 0.2) is 18.2 Å². The van der Waals surface area contributed by atoms with Crippen molar-refractivity contribution in [3.63, 3.8) is 0 Å². The molecule has 11 heavy (non-hydrogen) atoms. The van der Waals surface area contributed by atoms with Gasteiger partial charge in [0.1, 0.15) is 4.99 Å². The molecule has 0 aliphatic carbocycles. The summed E-state index contributed by atoms with van der Waals surface area (Å²) >= 11 is 4.81. The van der Waals surface area contributed by atoms with Crippen molar-refractivity contribution in [3.05, 3.63) is 29.3 Å². The molecule has 0 radical (unpaired) electrons. The van der Waals surface area contributed by atoms with Crippen LogP contribution >= 0.6 is 12.2 Å². The van der Waals surface area contributed by atoms with Gasteiger partial charge < -0.3 is 11.5 Å². The summed E-state index contributed by atoms with van der Waals surface area (Å²) in [6.07, 6.45) is 0. The number of rotatable bonds is 1. The highest BCUT2D eigenvalue weighted by atomic mass is 32.1. The van der Waals surface area contributed by atoms with E-state index in [0.717, 1.165) is 11.1 Å². The quantitative estimate of drug-likeness (QED) is 0.487. The molecule has 0 saturated carbocycles. The zero-order valence-corrected chi connectivity index (χ0v) is 7.11. The minimum absolute atomic E-state index is 0.353. The summed E-state index contributed by atoms with van der Waals surface area (Å²) in [5, 5.41) is 0. The molecule has 0 bridgehead atoms. The number of anilines is 1. The summed E-state index contributed by atoms with van der Waals surface area (Å²) in [6.45, 7) is 1.93. The average molecular weight is 166 g/mol. The highest BCUT2D eigenvalue weighted by Gasteiger charge is 2.02. The summed E-state index contributed by atoms with van der Waals surface area (Å²) in [4.78, 5) is 0.353. The monoisotopic (exact) mass is 166 g/mol. The molecule has 0 aliphatic rings. The lowest BCUT2D eigenvalue weighted by Crippen LogP contribution is -2.12. The molecule has 0 aliphatic heterocycles. The first-order valence-corrected chi connectivity index (χ1v) is 3.68. The Balaban J connectivity index is 3.27. The van der Waals surface area contributed by atoms with Crippen LogP contribution in [0.5, 0.6) is 0 Å². The minimum Gasteiger partial charge on any atom is -0.398 e. The number of thiocarbonyl (C=S) groups is 1. The molecule has 58 valence electrons. The second kappa shape index (κ2) is 2.88. The number of aryl methyl sites for hydroxylation is 1. The van der Waals surface area contributed by atoms with Gasteiger partial charge in [0.15, 0.2) is 0 Å². The Labute approximate surface area is 71.2 Å². The van der Waals surface area contributed by atoms with E-state index in [1.54, 1.807) is 0 Å². The van der Waals surface area contributed by atoms with Crippen molar-refractivity contribution in [1.82, 2.24) is 0 Å². The Morgan fingerprint density at radius 1 is 1.45 bits per heavy atom. The average Bonchev–Trinajstić information content (AvgIpc) is 1.94. The van der Waals surface area contributed by atoms with Gasteiger partial charge in [-0.1, -0.05) is 24.4 Å². The van der Waals surface area contributed by atoms with Gasteiger partial charge in [-0.2, -0.15) is 0 Å². The number of nitrogens with two attached hydrogens (primary N) is 2. The van der Waals surface area contributed by atoms with Crippen LogP contribution in [0.3, 0.4) is 0 Å². The maximum Gasteiger partial charge on any atom is 0.106 e. The molecule has 0 atom stereocenters. The fourth-order valence-corrected chi connectivity index (χ4v) is 1.07. The number of nitrogen functional groups attached to an aromatic ring is 1. The standard InChI is InChI=1S/C8H10N2S/c1-5-3-2-4-6(7(5)9)8(10)11/h2-4H,9H2,1H3,(H2,10,11). The fraction of sp³-hybridized carbons (Fsp3) is 0.125. The first kappa shape index (κ1) is 8.01. The third-order valence-corrected chi connectivity index (χ3v) is 1.81. The summed E-state index contributed by atoms with van der Waals surface area (Å²) in [6, 6.07) is 5.64. The van der Waals surface area contributed by atoms with Crippen molar-refractivity contribution in [2.45, 2.75) is 6.92 Å². The van der Waals surface area contributed by atoms with Crippen LogP contribution < -0.4 is 11.5 Å². The van der Waals surface area contributed by atoms with E-state index in [1.807, 2.05) is 25.1 Å². The molecule has 3 heteroatoms. The van der Waals surface area contributed by atoms with E-state index in [-0.39, 0.29) is 0 Å². The molecule has 0 spiro atoms. The number of hydrogen-bond donors (Lipinski definition) is 2. The molecule has 0 fully saturated rings. The zero-order valence-electron chi connectivity index (χ0n) is 6.29. The van der Waals surface area contributed by atoms with Crippen LogP contribution in [0.1, 0.15) is 11.1 Å². The van der Waals surface area contributed by atoms with Gasteiger partial charge in [-0.15, -0.1) is 0 Å². The Bertz CT molecular complexity index is 294. The van der Waals surface area contributed by atoms with E-state index in [9.17, 15) is 0 Å². The summed E-state index contributed by atoms with van der Waals surface area (Å²) in [7, 11) is 0. The van der Waals surface area contributed by atoms with Crippen molar-refractivity contribution < 1.29 is 0 Å². The maximum atomic E-state index is 5.72. The van der Waals surface area contributed by atoms with Gasteiger partial charge >= 0.3 is 0 Å².